The van der Waals surface area contributed by atoms with E-state index in [1.165, 1.54) is 30.3 Å². The van der Waals surface area contributed by atoms with Gasteiger partial charge in [-0.2, -0.15) is 26.3 Å². The van der Waals surface area contributed by atoms with Crippen LogP contribution in [0.3, 0.4) is 0 Å². The number of carbonyl (C=O) groups is 1. The summed E-state index contributed by atoms with van der Waals surface area (Å²) in [5.74, 6) is -3.20. The van der Waals surface area contributed by atoms with Crippen molar-refractivity contribution in [3.05, 3.63) is 74.2 Å². The van der Waals surface area contributed by atoms with Crippen LogP contribution in [0.5, 0.6) is 0 Å². The Balaban J connectivity index is 2.17. The molecule has 11 heteroatoms. The van der Waals surface area contributed by atoms with E-state index in [4.69, 9.17) is 34.8 Å². The maximum atomic E-state index is 13.5. The SMILES string of the molecule is O=C(CC(F)(F)F)NCc1ccc(/C=C/C(c2cc(Cl)cc(Cl)c2)C(F)(F)F)cc1Cl. The van der Waals surface area contributed by atoms with Crippen molar-refractivity contribution >= 4 is 46.8 Å². The van der Waals surface area contributed by atoms with Crippen molar-refractivity contribution in [1.82, 2.24) is 5.32 Å². The van der Waals surface area contributed by atoms with Gasteiger partial charge in [-0.05, 0) is 41.0 Å². The predicted octanol–water partition coefficient (Wildman–Crippen LogP) is 7.57. The van der Waals surface area contributed by atoms with Gasteiger partial charge in [-0.1, -0.05) is 59.1 Å². The summed E-state index contributed by atoms with van der Waals surface area (Å²) in [5, 5.41) is 2.28. The van der Waals surface area contributed by atoms with Crippen LogP contribution in [-0.4, -0.2) is 18.3 Å². The first-order valence-electron chi connectivity index (χ1n) is 8.57. The molecule has 0 bridgehead atoms. The molecule has 0 heterocycles. The topological polar surface area (TPSA) is 29.1 Å². The molecular formula is C20H14Cl3F6NO. The number of amides is 1. The van der Waals surface area contributed by atoms with E-state index in [1.807, 2.05) is 0 Å². The van der Waals surface area contributed by atoms with Gasteiger partial charge in [0.05, 0.1) is 5.92 Å². The molecule has 0 radical (unpaired) electrons. The Morgan fingerprint density at radius 1 is 0.968 bits per heavy atom. The van der Waals surface area contributed by atoms with Gasteiger partial charge >= 0.3 is 12.4 Å². The first-order chi connectivity index (χ1) is 14.2. The number of hydrogen-bond donors (Lipinski definition) is 1. The Kier molecular flexibility index (Phi) is 8.30. The fourth-order valence-electron chi connectivity index (χ4n) is 2.62. The molecule has 0 aromatic heterocycles. The Morgan fingerprint density at radius 3 is 2.10 bits per heavy atom. The van der Waals surface area contributed by atoms with Crippen molar-refractivity contribution in [2.75, 3.05) is 0 Å². The van der Waals surface area contributed by atoms with Crippen LogP contribution in [0.15, 0.2) is 42.5 Å². The van der Waals surface area contributed by atoms with Gasteiger partial charge in [-0.25, -0.2) is 0 Å². The number of benzene rings is 2. The van der Waals surface area contributed by atoms with Crippen LogP contribution in [0.4, 0.5) is 26.3 Å². The first-order valence-corrected chi connectivity index (χ1v) is 9.71. The number of rotatable bonds is 6. The fraction of sp³-hybridized carbons (Fsp3) is 0.250. The maximum absolute atomic E-state index is 13.5. The summed E-state index contributed by atoms with van der Waals surface area (Å²) in [7, 11) is 0. The van der Waals surface area contributed by atoms with E-state index in [-0.39, 0.29) is 27.2 Å². The van der Waals surface area contributed by atoms with E-state index < -0.39 is 30.6 Å². The van der Waals surface area contributed by atoms with Crippen molar-refractivity contribution in [3.63, 3.8) is 0 Å². The van der Waals surface area contributed by atoms with Crippen molar-refractivity contribution in [3.8, 4) is 0 Å². The molecule has 1 atom stereocenters. The number of carbonyl (C=O) groups excluding carboxylic acids is 1. The van der Waals surface area contributed by atoms with Crippen molar-refractivity contribution < 1.29 is 31.1 Å². The molecule has 0 spiro atoms. The van der Waals surface area contributed by atoms with Crippen molar-refractivity contribution in [2.24, 2.45) is 0 Å². The summed E-state index contributed by atoms with van der Waals surface area (Å²) in [6.07, 6.45) is -8.76. The van der Waals surface area contributed by atoms with Gasteiger partial charge in [0.15, 0.2) is 0 Å². The molecule has 0 fully saturated rings. The molecule has 0 saturated heterocycles. The summed E-state index contributed by atoms with van der Waals surface area (Å²) in [5.41, 5.74) is 0.484. The third-order valence-corrected chi connectivity index (χ3v) is 4.78. The molecule has 0 aliphatic rings. The van der Waals surface area contributed by atoms with Gasteiger partial charge in [0.1, 0.15) is 6.42 Å². The van der Waals surface area contributed by atoms with E-state index in [0.29, 0.717) is 11.1 Å². The molecule has 0 aliphatic heterocycles. The molecular weight excluding hydrogens is 491 g/mol. The van der Waals surface area contributed by atoms with Crippen LogP contribution in [0, 0.1) is 0 Å². The summed E-state index contributed by atoms with van der Waals surface area (Å²) in [6.45, 7) is -0.260. The first kappa shape index (κ1) is 25.4. The normalized spacial score (nSPS) is 13.5. The van der Waals surface area contributed by atoms with Crippen LogP contribution in [0.1, 0.15) is 29.0 Å². The molecule has 31 heavy (non-hydrogen) atoms. The predicted molar refractivity (Wildman–Crippen MR) is 108 cm³/mol. The lowest BCUT2D eigenvalue weighted by molar-refractivity contribution is -0.153. The number of allylic oxidation sites excluding steroid dienone is 1. The molecule has 2 rings (SSSR count). The Morgan fingerprint density at radius 2 is 1.58 bits per heavy atom. The second kappa shape index (κ2) is 10.1. The number of hydrogen-bond acceptors (Lipinski definition) is 1. The largest absolute Gasteiger partial charge is 0.399 e. The summed E-state index contributed by atoms with van der Waals surface area (Å²) >= 11 is 17.6. The second-order valence-electron chi connectivity index (χ2n) is 6.50. The molecule has 2 aromatic rings. The van der Waals surface area contributed by atoms with Gasteiger partial charge in [0.2, 0.25) is 5.91 Å². The zero-order chi connectivity index (χ0) is 23.4. The van der Waals surface area contributed by atoms with Gasteiger partial charge in [-0.15, -0.1) is 0 Å². The van der Waals surface area contributed by atoms with Gasteiger partial charge in [0.25, 0.3) is 0 Å². The fourth-order valence-corrected chi connectivity index (χ4v) is 3.42. The minimum absolute atomic E-state index is 0.0603. The average molecular weight is 505 g/mol. The smallest absolute Gasteiger partial charge is 0.352 e. The molecule has 0 saturated carbocycles. The third kappa shape index (κ3) is 8.27. The molecule has 1 N–H and O–H groups in total. The lowest BCUT2D eigenvalue weighted by Gasteiger charge is -2.18. The molecule has 1 amide bonds. The van der Waals surface area contributed by atoms with Crippen molar-refractivity contribution in [2.45, 2.75) is 31.2 Å². The van der Waals surface area contributed by atoms with Gasteiger partial charge in [0, 0.05) is 21.6 Å². The minimum Gasteiger partial charge on any atom is -0.352 e. The van der Waals surface area contributed by atoms with E-state index in [2.05, 4.69) is 5.32 Å². The molecule has 2 aromatic carbocycles. The third-order valence-electron chi connectivity index (χ3n) is 3.99. The highest BCUT2D eigenvalue weighted by Crippen LogP contribution is 2.38. The summed E-state index contributed by atoms with van der Waals surface area (Å²) in [4.78, 5) is 11.3. The lowest BCUT2D eigenvalue weighted by atomic mass is 9.97. The highest BCUT2D eigenvalue weighted by Gasteiger charge is 2.39. The zero-order valence-electron chi connectivity index (χ0n) is 15.4. The molecule has 168 valence electrons. The molecule has 2 nitrogen and oxygen atoms in total. The Hall–Kier alpha value is -1.90. The lowest BCUT2D eigenvalue weighted by Crippen LogP contribution is -2.28. The highest BCUT2D eigenvalue weighted by atomic mass is 35.5. The summed E-state index contributed by atoms with van der Waals surface area (Å²) < 4.78 is 77.1. The summed E-state index contributed by atoms with van der Waals surface area (Å²) in [6, 6.07) is 7.80. The minimum atomic E-state index is -4.63. The zero-order valence-corrected chi connectivity index (χ0v) is 17.7. The molecule has 0 aliphatic carbocycles. The quantitative estimate of drug-likeness (QED) is 0.404. The van der Waals surface area contributed by atoms with Crippen LogP contribution in [-0.2, 0) is 11.3 Å². The number of alkyl halides is 6. The number of nitrogens with one attached hydrogen (secondary N) is 1. The van der Waals surface area contributed by atoms with Crippen LogP contribution < -0.4 is 5.32 Å². The Bertz CT molecular complexity index is 952. The van der Waals surface area contributed by atoms with E-state index in [0.717, 1.165) is 18.2 Å². The maximum Gasteiger partial charge on any atom is 0.399 e. The van der Waals surface area contributed by atoms with Crippen LogP contribution in [0.2, 0.25) is 15.1 Å². The van der Waals surface area contributed by atoms with Crippen molar-refractivity contribution in [1.29, 1.82) is 0 Å². The number of halogens is 9. The van der Waals surface area contributed by atoms with E-state index >= 15 is 0 Å². The Labute approximate surface area is 188 Å². The monoisotopic (exact) mass is 503 g/mol. The van der Waals surface area contributed by atoms with Crippen LogP contribution in [0.25, 0.3) is 6.08 Å². The average Bonchev–Trinajstić information content (AvgIpc) is 2.57. The van der Waals surface area contributed by atoms with E-state index in [9.17, 15) is 31.1 Å². The standard InChI is InChI=1S/C20H14Cl3F6NO/c21-14-6-13(7-15(22)8-14)16(20(27,28)29)4-2-11-1-3-12(17(23)5-11)10-30-18(31)9-19(24,25)26/h1-8,16H,9-10H2,(H,30,31)/b4-2+. The van der Waals surface area contributed by atoms with E-state index in [1.54, 1.807) is 0 Å². The van der Waals surface area contributed by atoms with Crippen LogP contribution >= 0.6 is 34.8 Å². The highest BCUT2D eigenvalue weighted by molar-refractivity contribution is 6.34. The van der Waals surface area contributed by atoms with Gasteiger partial charge < -0.3 is 5.32 Å². The second-order valence-corrected chi connectivity index (χ2v) is 7.78. The molecule has 1 unspecified atom stereocenters. The van der Waals surface area contributed by atoms with Gasteiger partial charge in [-0.3, -0.25) is 4.79 Å².